The van der Waals surface area contributed by atoms with Crippen LogP contribution < -0.4 is 5.11 Å². The Morgan fingerprint density at radius 3 is 1.06 bits per heavy atom. The smallest absolute Gasteiger partial charge is 0.306 e. The van der Waals surface area contributed by atoms with E-state index in [2.05, 4.69) is 148 Å². The Bertz CT molecular complexity index is 1790. The van der Waals surface area contributed by atoms with Crippen LogP contribution in [0, 0.1) is 0 Å². The third-order valence-electron chi connectivity index (χ3n) is 13.4. The van der Waals surface area contributed by atoms with Gasteiger partial charge in [-0.3, -0.25) is 9.59 Å². The van der Waals surface area contributed by atoms with Gasteiger partial charge in [0.15, 0.2) is 12.4 Å². The number of quaternary nitrogens is 1. The summed E-state index contributed by atoms with van der Waals surface area (Å²) in [5.41, 5.74) is 0. The summed E-state index contributed by atoms with van der Waals surface area (Å²) >= 11 is 0. The number of rotatable bonds is 58. The van der Waals surface area contributed by atoms with Crippen molar-refractivity contribution in [1.82, 2.24) is 0 Å². The number of aliphatic carboxylic acids is 1. The average molecular weight is 1130 g/mol. The first-order valence-electron chi connectivity index (χ1n) is 32.3. The third-order valence-corrected chi connectivity index (χ3v) is 13.4. The fourth-order valence-electron chi connectivity index (χ4n) is 8.44. The molecule has 0 fully saturated rings. The zero-order valence-corrected chi connectivity index (χ0v) is 52.4. The van der Waals surface area contributed by atoms with E-state index in [9.17, 15) is 19.5 Å². The summed E-state index contributed by atoms with van der Waals surface area (Å²) in [6.07, 6.45) is 85.2. The Kier molecular flexibility index (Phi) is 58.0. The number of carbonyl (C=O) groups excluding carboxylic acids is 3. The first-order valence-corrected chi connectivity index (χ1v) is 32.3. The molecule has 2 unspecified atom stereocenters. The largest absolute Gasteiger partial charge is 0.545 e. The fraction of sp³-hybridized carbons (Fsp3) is 0.653. The SMILES string of the molecule is CC/C=C\C/C=C\C/C=C\C/C=C\C/C=C\C/C=C\C/C=C\C/C=C\C/C=C\C/C=C\CCCCCCCCCCCCC(=O)OC(COC(=O)CCCCCCC/C=C\CCCCCCCC)COC(OCC[N+](C)(C)C)C(=O)[O-]. The molecule has 0 aromatic heterocycles. The van der Waals surface area contributed by atoms with Crippen LogP contribution in [0.25, 0.3) is 0 Å². The highest BCUT2D eigenvalue weighted by Gasteiger charge is 2.22. The molecule has 0 aromatic rings. The Morgan fingerprint density at radius 1 is 0.383 bits per heavy atom. The van der Waals surface area contributed by atoms with Gasteiger partial charge in [0.05, 0.1) is 40.3 Å². The summed E-state index contributed by atoms with van der Waals surface area (Å²) in [6, 6.07) is 0. The topological polar surface area (TPSA) is 111 Å². The van der Waals surface area contributed by atoms with E-state index in [0.29, 0.717) is 17.4 Å². The molecule has 0 amide bonds. The lowest BCUT2D eigenvalue weighted by Gasteiger charge is -2.26. The Morgan fingerprint density at radius 2 is 0.704 bits per heavy atom. The molecule has 0 N–H and O–H groups in total. The Labute approximate surface area is 497 Å². The van der Waals surface area contributed by atoms with E-state index in [0.717, 1.165) is 128 Å². The summed E-state index contributed by atoms with van der Waals surface area (Å²) < 4.78 is 22.7. The molecule has 0 aliphatic rings. The van der Waals surface area contributed by atoms with Gasteiger partial charge in [-0.05, 0) is 116 Å². The van der Waals surface area contributed by atoms with Crippen molar-refractivity contribution < 1.29 is 42.9 Å². The van der Waals surface area contributed by atoms with Crippen molar-refractivity contribution in [2.24, 2.45) is 0 Å². The molecule has 0 saturated heterocycles. The van der Waals surface area contributed by atoms with Crippen LogP contribution in [0.4, 0.5) is 0 Å². The maximum absolute atomic E-state index is 12.9. The molecule has 9 heteroatoms. The Hall–Kier alpha value is -4.57. The molecule has 0 aliphatic carbocycles. The molecule has 0 bridgehead atoms. The third kappa shape index (κ3) is 62.9. The summed E-state index contributed by atoms with van der Waals surface area (Å²) in [4.78, 5) is 37.3. The van der Waals surface area contributed by atoms with Gasteiger partial charge in [0.25, 0.3) is 0 Å². The van der Waals surface area contributed by atoms with Crippen LogP contribution >= 0.6 is 0 Å². The molecule has 0 spiro atoms. The summed E-state index contributed by atoms with van der Waals surface area (Å²) in [7, 11) is 5.91. The van der Waals surface area contributed by atoms with Crippen molar-refractivity contribution in [2.75, 3.05) is 47.5 Å². The van der Waals surface area contributed by atoms with Crippen molar-refractivity contribution in [3.05, 3.63) is 134 Å². The molecule has 0 heterocycles. The van der Waals surface area contributed by atoms with Crippen molar-refractivity contribution in [3.63, 3.8) is 0 Å². The van der Waals surface area contributed by atoms with Gasteiger partial charge in [-0.15, -0.1) is 0 Å². The molecular weight excluding hydrogens is 1010 g/mol. The van der Waals surface area contributed by atoms with Crippen LogP contribution in [0.5, 0.6) is 0 Å². The Balaban J connectivity index is 4.14. The van der Waals surface area contributed by atoms with E-state index in [1.54, 1.807) is 0 Å². The van der Waals surface area contributed by atoms with Crippen LogP contribution in [-0.4, -0.2) is 82.3 Å². The van der Waals surface area contributed by atoms with E-state index in [1.165, 1.54) is 83.5 Å². The fourth-order valence-corrected chi connectivity index (χ4v) is 8.44. The van der Waals surface area contributed by atoms with Gasteiger partial charge in [-0.2, -0.15) is 0 Å². The highest BCUT2D eigenvalue weighted by Crippen LogP contribution is 2.15. The molecule has 0 rings (SSSR count). The number of unbranched alkanes of at least 4 members (excludes halogenated alkanes) is 21. The van der Waals surface area contributed by atoms with Gasteiger partial charge < -0.3 is 33.3 Å². The number of hydrogen-bond donors (Lipinski definition) is 0. The monoisotopic (exact) mass is 1130 g/mol. The lowest BCUT2D eigenvalue weighted by atomic mass is 10.0. The standard InChI is InChI=1S/C72H119NO8/c1-6-8-10-12-14-16-18-20-22-23-24-25-26-27-28-29-30-31-32-33-34-35-36-37-38-39-40-41-42-43-44-45-46-47-49-51-53-55-57-59-61-63-70(75)81-68(67-80-72(71(76)77)78-65-64-73(3,4)5)66-79-69(74)62-60-58-56-54-52-50-48-21-19-17-15-13-11-9-7-2/h8,10,14,16,20-22,24-25,27-28,30-31,33-34,36-37,39-40,42-43,48,68,72H,6-7,9,11-13,15,17-19,23,26,29,32,35,38,41,44-47,49-67H2,1-5H3/b10-8-,16-14-,22-20-,25-24-,28-27-,31-30-,34-33-,37-36-,40-39-,43-42-,48-21-. The predicted molar refractivity (Wildman–Crippen MR) is 343 cm³/mol. The second-order valence-electron chi connectivity index (χ2n) is 22.3. The normalized spacial score (nSPS) is 13.6. The molecule has 2 atom stereocenters. The summed E-state index contributed by atoms with van der Waals surface area (Å²) in [6.45, 7) is 4.60. The van der Waals surface area contributed by atoms with Gasteiger partial charge >= 0.3 is 11.9 Å². The van der Waals surface area contributed by atoms with Crippen LogP contribution in [0.2, 0.25) is 0 Å². The summed E-state index contributed by atoms with van der Waals surface area (Å²) in [5, 5.41) is 11.8. The zero-order valence-electron chi connectivity index (χ0n) is 52.4. The van der Waals surface area contributed by atoms with E-state index < -0.39 is 24.3 Å². The molecule has 460 valence electrons. The quantitative estimate of drug-likeness (QED) is 0.0195. The number of carbonyl (C=O) groups is 3. The molecule has 0 aliphatic heterocycles. The van der Waals surface area contributed by atoms with E-state index in [-0.39, 0.29) is 38.6 Å². The minimum absolute atomic E-state index is 0.140. The molecule has 9 nitrogen and oxygen atoms in total. The van der Waals surface area contributed by atoms with Gasteiger partial charge in [-0.25, -0.2) is 0 Å². The van der Waals surface area contributed by atoms with Crippen LogP contribution in [0.1, 0.15) is 245 Å². The van der Waals surface area contributed by atoms with E-state index in [1.807, 2.05) is 21.1 Å². The maximum atomic E-state index is 12.9. The average Bonchev–Trinajstić information content (AvgIpc) is 3.44. The number of carboxylic acids is 1. The number of esters is 2. The second kappa shape index (κ2) is 61.5. The molecule has 0 saturated carbocycles. The van der Waals surface area contributed by atoms with Crippen LogP contribution in [-0.2, 0) is 33.3 Å². The minimum atomic E-state index is -1.63. The van der Waals surface area contributed by atoms with Crippen LogP contribution in [0.3, 0.4) is 0 Å². The first-order chi connectivity index (χ1) is 39.6. The van der Waals surface area contributed by atoms with Crippen molar-refractivity contribution in [1.29, 1.82) is 0 Å². The van der Waals surface area contributed by atoms with Gasteiger partial charge in [0.2, 0.25) is 0 Å². The van der Waals surface area contributed by atoms with E-state index in [4.69, 9.17) is 18.9 Å². The molecule has 0 radical (unpaired) electrons. The summed E-state index contributed by atoms with van der Waals surface area (Å²) in [5.74, 6) is -2.31. The number of hydrogen-bond acceptors (Lipinski definition) is 8. The lowest BCUT2D eigenvalue weighted by molar-refractivity contribution is -0.870. The number of likely N-dealkylation sites (N-methyl/N-ethyl adjacent to an activating group) is 1. The predicted octanol–water partition coefficient (Wildman–Crippen LogP) is 18.5. The molecule has 0 aromatic carbocycles. The number of allylic oxidation sites excluding steroid dienone is 22. The van der Waals surface area contributed by atoms with Crippen LogP contribution in [0.15, 0.2) is 134 Å². The van der Waals surface area contributed by atoms with Crippen molar-refractivity contribution >= 4 is 17.9 Å². The highest BCUT2D eigenvalue weighted by molar-refractivity contribution is 5.70. The number of ether oxygens (including phenoxy) is 4. The maximum Gasteiger partial charge on any atom is 0.306 e. The highest BCUT2D eigenvalue weighted by atomic mass is 16.7. The van der Waals surface area contributed by atoms with E-state index >= 15 is 0 Å². The van der Waals surface area contributed by atoms with Gasteiger partial charge in [0.1, 0.15) is 13.2 Å². The lowest BCUT2D eigenvalue weighted by Crippen LogP contribution is -2.44. The zero-order chi connectivity index (χ0) is 59.1. The van der Waals surface area contributed by atoms with Gasteiger partial charge in [-0.1, -0.05) is 250 Å². The molecular formula is C72H119NO8. The van der Waals surface area contributed by atoms with Crippen molar-refractivity contribution in [2.45, 2.75) is 257 Å². The number of carboxylic acid groups (broad SMARTS) is 1. The first kappa shape index (κ1) is 76.4. The van der Waals surface area contributed by atoms with Gasteiger partial charge in [0, 0.05) is 12.8 Å². The molecule has 81 heavy (non-hydrogen) atoms. The number of nitrogens with zero attached hydrogens (tertiary/aromatic N) is 1. The minimum Gasteiger partial charge on any atom is -0.545 e. The van der Waals surface area contributed by atoms with Crippen molar-refractivity contribution in [3.8, 4) is 0 Å². The second-order valence-corrected chi connectivity index (χ2v) is 22.3.